The number of rotatable bonds is 5. The molecule has 1 saturated carbocycles. The largest absolute Gasteiger partial charge is 0.488 e. The molecule has 106 valence electrons. The van der Waals surface area contributed by atoms with Crippen LogP contribution >= 0.6 is 11.6 Å². The molecule has 0 spiro atoms. The lowest BCUT2D eigenvalue weighted by molar-refractivity contribution is -0.0980. The van der Waals surface area contributed by atoms with Crippen molar-refractivity contribution in [3.05, 3.63) is 28.3 Å². The average Bonchev–Trinajstić information content (AvgIpc) is 2.35. The van der Waals surface area contributed by atoms with E-state index in [9.17, 15) is 0 Å². The fraction of sp³-hybridized carbons (Fsp3) is 0.600. The van der Waals surface area contributed by atoms with Crippen molar-refractivity contribution < 1.29 is 9.47 Å². The van der Waals surface area contributed by atoms with Crippen LogP contribution in [0.1, 0.15) is 30.9 Å². The Balaban J connectivity index is 2.01. The molecule has 4 heteroatoms. The van der Waals surface area contributed by atoms with E-state index in [0.29, 0.717) is 0 Å². The van der Waals surface area contributed by atoms with Gasteiger partial charge in [-0.25, -0.2) is 0 Å². The molecule has 0 aromatic heterocycles. The third-order valence-electron chi connectivity index (χ3n) is 3.50. The van der Waals surface area contributed by atoms with Gasteiger partial charge in [-0.1, -0.05) is 18.5 Å². The van der Waals surface area contributed by atoms with Gasteiger partial charge in [-0.15, -0.1) is 0 Å². The Hall–Kier alpha value is -0.770. The predicted octanol–water partition coefficient (Wildman–Crippen LogP) is 3.23. The maximum Gasteiger partial charge on any atom is 0.128 e. The van der Waals surface area contributed by atoms with Crippen LogP contribution in [-0.2, 0) is 4.74 Å². The molecule has 0 aliphatic heterocycles. The van der Waals surface area contributed by atoms with Crippen molar-refractivity contribution in [3.8, 4) is 5.75 Å². The molecule has 0 saturated heterocycles. The number of hydrogen-bond donors (Lipinski definition) is 1. The van der Waals surface area contributed by atoms with Crippen LogP contribution in [0.3, 0.4) is 0 Å². The minimum Gasteiger partial charge on any atom is -0.488 e. The highest BCUT2D eigenvalue weighted by molar-refractivity contribution is 6.32. The number of hydrogen-bond acceptors (Lipinski definition) is 3. The van der Waals surface area contributed by atoms with Gasteiger partial charge in [-0.05, 0) is 43.5 Å². The molecule has 0 bridgehead atoms. The summed E-state index contributed by atoms with van der Waals surface area (Å²) in [4.78, 5) is 0. The summed E-state index contributed by atoms with van der Waals surface area (Å²) in [6.45, 7) is 6.79. The van der Waals surface area contributed by atoms with E-state index in [-0.39, 0.29) is 18.2 Å². The van der Waals surface area contributed by atoms with Gasteiger partial charge in [-0.2, -0.15) is 0 Å². The first-order chi connectivity index (χ1) is 9.02. The highest BCUT2D eigenvalue weighted by Crippen LogP contribution is 2.31. The Morgan fingerprint density at radius 1 is 1.32 bits per heavy atom. The van der Waals surface area contributed by atoms with Crippen LogP contribution < -0.4 is 10.5 Å². The lowest BCUT2D eigenvalue weighted by Gasteiger charge is -2.41. The Labute approximate surface area is 120 Å². The zero-order chi connectivity index (χ0) is 14.0. The zero-order valence-corrected chi connectivity index (χ0v) is 12.5. The fourth-order valence-corrected chi connectivity index (χ4v) is 2.47. The van der Waals surface area contributed by atoms with E-state index in [4.69, 9.17) is 26.8 Å². The second kappa shape index (κ2) is 6.12. The summed E-state index contributed by atoms with van der Waals surface area (Å²) in [6.07, 6.45) is 1.90. The van der Waals surface area contributed by atoms with E-state index in [1.165, 1.54) is 0 Å². The third-order valence-corrected chi connectivity index (χ3v) is 4.10. The van der Waals surface area contributed by atoms with Gasteiger partial charge >= 0.3 is 0 Å². The average molecular weight is 284 g/mol. The van der Waals surface area contributed by atoms with Crippen LogP contribution in [0.4, 0.5) is 0 Å². The topological polar surface area (TPSA) is 44.5 Å². The molecular weight excluding hydrogens is 262 g/mol. The maximum atomic E-state index is 6.15. The Morgan fingerprint density at radius 3 is 2.47 bits per heavy atom. The SMILES string of the molecule is CCCOC1C(N)CC1Oc1cc(C)c(Cl)c(C)c1. The van der Waals surface area contributed by atoms with Crippen LogP contribution in [0.2, 0.25) is 5.02 Å². The second-order valence-electron chi connectivity index (χ2n) is 5.26. The first-order valence-corrected chi connectivity index (χ1v) is 7.21. The van der Waals surface area contributed by atoms with E-state index in [0.717, 1.165) is 41.3 Å². The number of aryl methyl sites for hydroxylation is 2. The van der Waals surface area contributed by atoms with Gasteiger partial charge in [0.2, 0.25) is 0 Å². The summed E-state index contributed by atoms with van der Waals surface area (Å²) in [6, 6.07) is 4.03. The van der Waals surface area contributed by atoms with Crippen LogP contribution in [0.25, 0.3) is 0 Å². The molecule has 1 fully saturated rings. The van der Waals surface area contributed by atoms with Crippen molar-refractivity contribution in [2.24, 2.45) is 5.73 Å². The monoisotopic (exact) mass is 283 g/mol. The molecule has 2 N–H and O–H groups in total. The van der Waals surface area contributed by atoms with Gasteiger partial charge < -0.3 is 15.2 Å². The highest BCUT2D eigenvalue weighted by Gasteiger charge is 2.41. The summed E-state index contributed by atoms with van der Waals surface area (Å²) in [5, 5.41) is 0.802. The molecule has 1 aliphatic carbocycles. The molecule has 19 heavy (non-hydrogen) atoms. The number of benzene rings is 1. The summed E-state index contributed by atoms with van der Waals surface area (Å²) < 4.78 is 11.7. The normalized spacial score (nSPS) is 26.1. The number of nitrogens with two attached hydrogens (primary N) is 1. The first-order valence-electron chi connectivity index (χ1n) is 6.83. The molecule has 1 aliphatic rings. The van der Waals surface area contributed by atoms with Crippen molar-refractivity contribution in [1.29, 1.82) is 0 Å². The van der Waals surface area contributed by atoms with Crippen molar-refractivity contribution in [2.45, 2.75) is 51.9 Å². The van der Waals surface area contributed by atoms with Crippen LogP contribution in [-0.4, -0.2) is 24.9 Å². The predicted molar refractivity (Wildman–Crippen MR) is 78.0 cm³/mol. The van der Waals surface area contributed by atoms with Gasteiger partial charge in [0.05, 0.1) is 0 Å². The summed E-state index contributed by atoms with van der Waals surface area (Å²) >= 11 is 6.15. The van der Waals surface area contributed by atoms with Crippen LogP contribution in [0, 0.1) is 13.8 Å². The van der Waals surface area contributed by atoms with E-state index in [1.807, 2.05) is 26.0 Å². The third kappa shape index (κ3) is 3.22. The quantitative estimate of drug-likeness (QED) is 0.902. The second-order valence-corrected chi connectivity index (χ2v) is 5.64. The molecule has 1 aromatic rings. The van der Waals surface area contributed by atoms with Crippen molar-refractivity contribution in [2.75, 3.05) is 6.61 Å². The molecule has 3 atom stereocenters. The van der Waals surface area contributed by atoms with Crippen molar-refractivity contribution in [3.63, 3.8) is 0 Å². The molecule has 3 unspecified atom stereocenters. The van der Waals surface area contributed by atoms with E-state index in [2.05, 4.69) is 6.92 Å². The van der Waals surface area contributed by atoms with Gasteiger partial charge in [0.1, 0.15) is 18.0 Å². The van der Waals surface area contributed by atoms with Gasteiger partial charge in [0.15, 0.2) is 0 Å². The molecule has 1 aromatic carbocycles. The van der Waals surface area contributed by atoms with E-state index >= 15 is 0 Å². The molecule has 3 nitrogen and oxygen atoms in total. The van der Waals surface area contributed by atoms with Crippen LogP contribution in [0.15, 0.2) is 12.1 Å². The number of ether oxygens (including phenoxy) is 2. The maximum absolute atomic E-state index is 6.15. The van der Waals surface area contributed by atoms with Crippen molar-refractivity contribution >= 4 is 11.6 Å². The van der Waals surface area contributed by atoms with Gasteiger partial charge in [0.25, 0.3) is 0 Å². The van der Waals surface area contributed by atoms with Gasteiger partial charge in [-0.3, -0.25) is 0 Å². The molecular formula is C15H22ClNO2. The van der Waals surface area contributed by atoms with Crippen LogP contribution in [0.5, 0.6) is 5.75 Å². The summed E-state index contributed by atoms with van der Waals surface area (Å²) in [7, 11) is 0. The van der Waals surface area contributed by atoms with Gasteiger partial charge in [0, 0.05) is 24.1 Å². The lowest BCUT2D eigenvalue weighted by Crippen LogP contribution is -2.59. The highest BCUT2D eigenvalue weighted by atomic mass is 35.5. The van der Waals surface area contributed by atoms with E-state index in [1.54, 1.807) is 0 Å². The minimum atomic E-state index is 0.0104. The first kappa shape index (κ1) is 14.6. The van der Waals surface area contributed by atoms with Crippen molar-refractivity contribution in [1.82, 2.24) is 0 Å². The standard InChI is InChI=1S/C15H22ClNO2/c1-4-5-18-15-12(17)8-13(15)19-11-6-9(2)14(16)10(3)7-11/h6-7,12-13,15H,4-5,8,17H2,1-3H3. The smallest absolute Gasteiger partial charge is 0.128 e. The molecule has 2 rings (SSSR count). The molecule has 0 amide bonds. The molecule has 0 heterocycles. The lowest BCUT2D eigenvalue weighted by atomic mass is 9.86. The Kier molecular flexibility index (Phi) is 4.71. The summed E-state index contributed by atoms with van der Waals surface area (Å²) in [5.74, 6) is 0.849. The Morgan fingerprint density at radius 2 is 1.95 bits per heavy atom. The number of halogens is 1. The Bertz CT molecular complexity index is 427. The van der Waals surface area contributed by atoms with E-state index < -0.39 is 0 Å². The fourth-order valence-electron chi connectivity index (χ4n) is 2.37. The summed E-state index contributed by atoms with van der Waals surface area (Å²) in [5.41, 5.74) is 8.03. The molecule has 0 radical (unpaired) electrons. The zero-order valence-electron chi connectivity index (χ0n) is 11.8. The minimum absolute atomic E-state index is 0.0104.